The van der Waals surface area contributed by atoms with Gasteiger partial charge in [0, 0.05) is 17.7 Å². The predicted octanol–water partition coefficient (Wildman–Crippen LogP) is 1.57. The summed E-state index contributed by atoms with van der Waals surface area (Å²) in [6, 6.07) is 1.41. The van der Waals surface area contributed by atoms with Crippen molar-refractivity contribution in [2.24, 2.45) is 5.73 Å². The Morgan fingerprint density at radius 3 is 2.50 bits per heavy atom. The maximum Gasteiger partial charge on any atom is 0.134 e. The molecular weight excluding hydrogens is 209 g/mol. The molecule has 14 heavy (non-hydrogen) atoms. The molecule has 0 aliphatic rings. The van der Waals surface area contributed by atoms with E-state index in [1.807, 2.05) is 0 Å². The summed E-state index contributed by atoms with van der Waals surface area (Å²) in [7, 11) is 0. The number of hydrogen-bond acceptors (Lipinski definition) is 3. The van der Waals surface area contributed by atoms with Gasteiger partial charge >= 0.3 is 0 Å². The van der Waals surface area contributed by atoms with Gasteiger partial charge in [-0.2, -0.15) is 0 Å². The Morgan fingerprint density at radius 2 is 2.07 bits per heavy atom. The van der Waals surface area contributed by atoms with E-state index in [-0.39, 0.29) is 16.3 Å². The Balaban J connectivity index is 3.20. The number of nitrogens with two attached hydrogens (primary N) is 1. The average Bonchev–Trinajstić information content (AvgIpc) is 2.01. The summed E-state index contributed by atoms with van der Waals surface area (Å²) in [5, 5.41) is 18.5. The minimum atomic E-state index is -1.18. The molecule has 0 saturated heterocycles. The fourth-order valence-corrected chi connectivity index (χ4v) is 1.43. The van der Waals surface area contributed by atoms with Crippen LogP contribution in [0.3, 0.4) is 0 Å². The molecule has 78 valence electrons. The van der Waals surface area contributed by atoms with Gasteiger partial charge < -0.3 is 15.9 Å². The van der Waals surface area contributed by atoms with Gasteiger partial charge in [-0.05, 0) is 13.0 Å². The molecule has 0 aliphatic carbocycles. The third kappa shape index (κ3) is 2.15. The van der Waals surface area contributed by atoms with E-state index >= 15 is 0 Å². The number of hydrogen-bond donors (Lipinski definition) is 3. The Hall–Kier alpha value is -0.840. The van der Waals surface area contributed by atoms with E-state index in [0.29, 0.717) is 0 Å². The lowest BCUT2D eigenvalue weighted by Gasteiger charge is -2.17. The normalized spacial score (nSPS) is 15.2. The molecule has 0 amide bonds. The lowest BCUT2D eigenvalue weighted by Crippen LogP contribution is -2.25. The van der Waals surface area contributed by atoms with Gasteiger partial charge in [0.1, 0.15) is 11.6 Å². The van der Waals surface area contributed by atoms with Crippen LogP contribution in [0.1, 0.15) is 18.6 Å². The van der Waals surface area contributed by atoms with Crippen molar-refractivity contribution in [1.82, 2.24) is 0 Å². The number of benzene rings is 1. The van der Waals surface area contributed by atoms with Gasteiger partial charge in [0.25, 0.3) is 0 Å². The molecule has 0 aromatic heterocycles. The second-order valence-corrected chi connectivity index (χ2v) is 3.53. The SMILES string of the molecule is CC(N)C(O)c1c(F)cc(O)cc1Cl. The van der Waals surface area contributed by atoms with Crippen molar-refractivity contribution in [2.45, 2.75) is 19.1 Å². The lowest BCUT2D eigenvalue weighted by molar-refractivity contribution is 0.149. The smallest absolute Gasteiger partial charge is 0.134 e. The molecule has 2 unspecified atom stereocenters. The summed E-state index contributed by atoms with van der Waals surface area (Å²) < 4.78 is 13.3. The van der Waals surface area contributed by atoms with Crippen LogP contribution in [0.2, 0.25) is 5.02 Å². The number of halogens is 2. The van der Waals surface area contributed by atoms with Crippen LogP contribution in [-0.4, -0.2) is 16.3 Å². The molecule has 1 rings (SSSR count). The van der Waals surface area contributed by atoms with Crippen molar-refractivity contribution in [1.29, 1.82) is 0 Å². The second kappa shape index (κ2) is 4.13. The summed E-state index contributed by atoms with van der Waals surface area (Å²) in [5.41, 5.74) is 5.32. The van der Waals surface area contributed by atoms with Crippen molar-refractivity contribution >= 4 is 11.6 Å². The van der Waals surface area contributed by atoms with E-state index in [0.717, 1.165) is 12.1 Å². The van der Waals surface area contributed by atoms with Crippen LogP contribution in [0, 0.1) is 5.82 Å². The number of phenols is 1. The van der Waals surface area contributed by atoms with Crippen LogP contribution in [0.15, 0.2) is 12.1 Å². The van der Waals surface area contributed by atoms with Crippen molar-refractivity contribution < 1.29 is 14.6 Å². The molecule has 0 radical (unpaired) electrons. The zero-order valence-electron chi connectivity index (χ0n) is 7.54. The average molecular weight is 220 g/mol. The molecule has 0 fully saturated rings. The minimum Gasteiger partial charge on any atom is -0.508 e. The zero-order valence-corrected chi connectivity index (χ0v) is 8.29. The van der Waals surface area contributed by atoms with Crippen LogP contribution in [0.4, 0.5) is 4.39 Å². The molecule has 3 nitrogen and oxygen atoms in total. The summed E-state index contributed by atoms with van der Waals surface area (Å²) >= 11 is 5.66. The molecular formula is C9H11ClFNO2. The first-order valence-electron chi connectivity index (χ1n) is 4.05. The highest BCUT2D eigenvalue weighted by molar-refractivity contribution is 6.31. The summed E-state index contributed by atoms with van der Waals surface area (Å²) in [4.78, 5) is 0. The highest BCUT2D eigenvalue weighted by Gasteiger charge is 2.20. The highest BCUT2D eigenvalue weighted by atomic mass is 35.5. The Labute approximate surface area is 85.9 Å². The van der Waals surface area contributed by atoms with Gasteiger partial charge in [0.15, 0.2) is 0 Å². The maximum atomic E-state index is 13.3. The third-order valence-electron chi connectivity index (χ3n) is 1.86. The van der Waals surface area contributed by atoms with E-state index in [2.05, 4.69) is 0 Å². The van der Waals surface area contributed by atoms with E-state index in [9.17, 15) is 9.50 Å². The van der Waals surface area contributed by atoms with Crippen molar-refractivity contribution in [2.75, 3.05) is 0 Å². The van der Waals surface area contributed by atoms with Crippen LogP contribution < -0.4 is 5.73 Å². The zero-order chi connectivity index (χ0) is 10.9. The molecule has 0 aliphatic heterocycles. The Bertz CT molecular complexity index is 321. The molecule has 5 heteroatoms. The van der Waals surface area contributed by atoms with Gasteiger partial charge in [-0.3, -0.25) is 0 Å². The Kier molecular flexibility index (Phi) is 3.31. The first kappa shape index (κ1) is 11.2. The van der Waals surface area contributed by atoms with Gasteiger partial charge in [-0.15, -0.1) is 0 Å². The lowest BCUT2D eigenvalue weighted by atomic mass is 10.0. The molecule has 4 N–H and O–H groups in total. The maximum absolute atomic E-state index is 13.3. The first-order chi connectivity index (χ1) is 6.43. The van der Waals surface area contributed by atoms with E-state index in [4.69, 9.17) is 22.4 Å². The fourth-order valence-electron chi connectivity index (χ4n) is 1.12. The molecule has 0 saturated carbocycles. The van der Waals surface area contributed by atoms with E-state index in [1.165, 1.54) is 6.92 Å². The fraction of sp³-hybridized carbons (Fsp3) is 0.333. The second-order valence-electron chi connectivity index (χ2n) is 3.13. The minimum absolute atomic E-state index is 0.0349. The van der Waals surface area contributed by atoms with E-state index < -0.39 is 18.0 Å². The quantitative estimate of drug-likeness (QED) is 0.707. The summed E-state index contributed by atoms with van der Waals surface area (Å²) in [6.45, 7) is 1.54. The standard InChI is InChI=1S/C9H11ClFNO2/c1-4(12)9(14)8-6(10)2-5(13)3-7(8)11/h2-4,9,13-14H,12H2,1H3. The molecule has 0 spiro atoms. The topological polar surface area (TPSA) is 66.5 Å². The van der Waals surface area contributed by atoms with Gasteiger partial charge in [0.05, 0.1) is 11.1 Å². The number of aliphatic hydroxyl groups is 1. The van der Waals surface area contributed by atoms with Gasteiger partial charge in [-0.1, -0.05) is 11.6 Å². The summed E-state index contributed by atoms with van der Waals surface area (Å²) in [5.74, 6) is -1.05. The van der Waals surface area contributed by atoms with Gasteiger partial charge in [-0.25, -0.2) is 4.39 Å². The summed E-state index contributed by atoms with van der Waals surface area (Å²) in [6.07, 6.45) is -1.18. The molecule has 1 aromatic rings. The largest absolute Gasteiger partial charge is 0.508 e. The molecule has 1 aromatic carbocycles. The van der Waals surface area contributed by atoms with Crippen LogP contribution in [0.25, 0.3) is 0 Å². The van der Waals surface area contributed by atoms with Crippen molar-refractivity contribution in [3.63, 3.8) is 0 Å². The van der Waals surface area contributed by atoms with Crippen molar-refractivity contribution in [3.8, 4) is 5.75 Å². The van der Waals surface area contributed by atoms with Crippen LogP contribution in [-0.2, 0) is 0 Å². The molecule has 0 bridgehead atoms. The van der Waals surface area contributed by atoms with Crippen LogP contribution in [0.5, 0.6) is 5.75 Å². The number of rotatable bonds is 2. The predicted molar refractivity (Wildman–Crippen MR) is 51.7 cm³/mol. The highest BCUT2D eigenvalue weighted by Crippen LogP contribution is 2.30. The monoisotopic (exact) mass is 219 g/mol. The molecule has 0 heterocycles. The molecule has 2 atom stereocenters. The number of aliphatic hydroxyl groups excluding tert-OH is 1. The number of aromatic hydroxyl groups is 1. The van der Waals surface area contributed by atoms with Gasteiger partial charge in [0.2, 0.25) is 0 Å². The Morgan fingerprint density at radius 1 is 1.50 bits per heavy atom. The van der Waals surface area contributed by atoms with Crippen LogP contribution >= 0.6 is 11.6 Å². The first-order valence-corrected chi connectivity index (χ1v) is 4.43. The van der Waals surface area contributed by atoms with E-state index in [1.54, 1.807) is 0 Å². The third-order valence-corrected chi connectivity index (χ3v) is 2.17. The number of phenolic OH excluding ortho intramolecular Hbond substituents is 1. The van der Waals surface area contributed by atoms with Crippen molar-refractivity contribution in [3.05, 3.63) is 28.5 Å².